The minimum absolute atomic E-state index is 0.0804. The Bertz CT molecular complexity index is 3270. The zero-order valence-corrected chi connectivity index (χ0v) is 96.4. The van der Waals surface area contributed by atoms with E-state index in [1.807, 2.05) is 0 Å². The van der Waals surface area contributed by atoms with E-state index in [2.05, 4.69) is 71.3 Å². The number of hydrogen-bond acceptors (Lipinski definition) is 22. The van der Waals surface area contributed by atoms with Crippen LogP contribution in [-0.4, -0.2) is 177 Å². The van der Waals surface area contributed by atoms with E-state index in [9.17, 15) is 58.3 Å². The Morgan fingerprint density at radius 3 is 0.891 bits per heavy atom. The van der Waals surface area contributed by atoms with Crippen molar-refractivity contribution in [2.75, 3.05) is 19.9 Å². The fourth-order valence-electron chi connectivity index (χ4n) is 20.2. The monoisotopic (exact) mass is 2130 g/mol. The standard InChI is InChI=1S/C118H222N2O25P2/c1-9-16-23-30-37-44-47-50-53-56-63-70-77-84-91-108(127)139-101(88-81-74-67-60-43-36-29-22-15-7)95-110(129)143-116-112(120-105(124)94-100(87-80-73-66-59-42-35-28-21-14-6)138-107(126)90-83-76-69-62-55-52-49-46-39-32-25-18-11-3)117(140-102(96-121)114(116)144-147(133,134)135)136-97-103-113(130)115(142-109(128)92-98(122)85-78-71-64-57-40-33-26-19-12-4)111(118(141-103)145-146(8,131)132)119-104(123)93-99(86-79-72-65-58-41-34-27-20-13-5)137-106(125)89-82-75-68-61-54-51-48-45-38-31-24-17-10-2/h46,49,98-103,111-118,121-122,130H,9-45,47-48,50-97H2,1-8H3,(H,119,123)(H,120,124)(H,131,132)(H2,133,134,135)/b49-46-/t98?,99?,100?,101?,102?,103?,111?,112?,113-,114-,115-,116-,117-,118?/m1/s1. The number of phosphoric acid groups is 1. The van der Waals surface area contributed by atoms with Crippen LogP contribution in [0.2, 0.25) is 0 Å². The molecule has 15 atom stereocenters. The van der Waals surface area contributed by atoms with Crippen LogP contribution >= 0.6 is 15.4 Å². The number of unbranched alkanes of at least 4 members (excludes halogenated alkanes) is 66. The number of carbonyl (C=O) groups is 7. The maximum absolute atomic E-state index is 15.4. The van der Waals surface area contributed by atoms with Gasteiger partial charge >= 0.3 is 45.3 Å². The quantitative estimate of drug-likeness (QED) is 0.00921. The smallest absolute Gasteiger partial charge is 0.462 e. The highest BCUT2D eigenvalue weighted by atomic mass is 31.2. The molecule has 2 saturated heterocycles. The van der Waals surface area contributed by atoms with Crippen LogP contribution in [0.3, 0.4) is 0 Å². The Balaban J connectivity index is 2.93. The van der Waals surface area contributed by atoms with Crippen LogP contribution in [0.1, 0.15) is 594 Å². The number of hydrogen-bond donors (Lipinski definition) is 8. The average molecular weight is 2130 g/mol. The molecule has 0 bridgehead atoms. The molecule has 0 radical (unpaired) electrons. The number of rotatable bonds is 105. The molecule has 0 spiro atoms. The molecule has 864 valence electrons. The Hall–Kier alpha value is -3.95. The van der Waals surface area contributed by atoms with Crippen molar-refractivity contribution < 1.29 is 120 Å². The minimum atomic E-state index is -5.70. The summed E-state index contributed by atoms with van der Waals surface area (Å²) in [6, 6.07) is -3.73. The van der Waals surface area contributed by atoms with Gasteiger partial charge in [0, 0.05) is 25.9 Å². The zero-order chi connectivity index (χ0) is 108. The Morgan fingerprint density at radius 2 is 0.578 bits per heavy atom. The molecule has 2 aliphatic rings. The second-order valence-corrected chi connectivity index (χ2v) is 46.4. The van der Waals surface area contributed by atoms with Gasteiger partial charge in [0.15, 0.2) is 24.8 Å². The molecule has 2 rings (SSSR count). The predicted octanol–water partition coefficient (Wildman–Crippen LogP) is 29.9. The van der Waals surface area contributed by atoms with Crippen molar-refractivity contribution in [3.05, 3.63) is 12.2 Å². The zero-order valence-electron chi connectivity index (χ0n) is 94.6. The highest BCUT2D eigenvalue weighted by molar-refractivity contribution is 7.51. The molecule has 2 amide bonds. The molecule has 10 unspecified atom stereocenters. The summed E-state index contributed by atoms with van der Waals surface area (Å²) in [7, 11) is -10.5. The van der Waals surface area contributed by atoms with E-state index in [0.29, 0.717) is 51.4 Å². The number of allylic oxidation sites excluding steroid dienone is 2. The minimum Gasteiger partial charge on any atom is -0.462 e. The van der Waals surface area contributed by atoms with Gasteiger partial charge in [0.25, 0.3) is 0 Å². The first-order chi connectivity index (χ1) is 71.2. The lowest BCUT2D eigenvalue weighted by Crippen LogP contribution is -2.68. The number of aliphatic hydroxyl groups is 3. The van der Waals surface area contributed by atoms with Crippen LogP contribution in [-0.2, 0) is 89.6 Å². The van der Waals surface area contributed by atoms with Crippen molar-refractivity contribution in [3.63, 3.8) is 0 Å². The molecule has 8 N–H and O–H groups in total. The SMILES string of the molecule is CCCCCC/C=C\CCCCCCCC(=O)OC(CCCCCCCCCCC)CC(=O)NC1[C@H](OCC2OC(OP(C)(=O)O)C(NC(=O)CC(CCCCCCCCCCC)OC(=O)CCCCCCCCCCCCCCC)[C@@H](OC(=O)CC(O)CCCCCCCCCCC)[C@@H]2O)OC(CO)[C@@H](OP(=O)(O)O)[C@@H]1OC(=O)CC(CCCCCCCCCCC)OC(=O)CCCCCCCCCCCCCCCC. The van der Waals surface area contributed by atoms with Crippen molar-refractivity contribution >= 4 is 57.1 Å². The third-order valence-electron chi connectivity index (χ3n) is 29.1. The second kappa shape index (κ2) is 95.5. The first-order valence-electron chi connectivity index (χ1n) is 61.1. The van der Waals surface area contributed by atoms with E-state index in [4.69, 9.17) is 46.9 Å². The summed E-state index contributed by atoms with van der Waals surface area (Å²) in [4.78, 5) is 135. The number of nitrogens with one attached hydrogen (secondary N) is 2. The maximum Gasteiger partial charge on any atom is 0.470 e. The molecular formula is C118H222N2O25P2. The van der Waals surface area contributed by atoms with E-state index >= 15 is 14.4 Å². The molecule has 0 aromatic rings. The molecular weight excluding hydrogens is 1910 g/mol. The number of esters is 5. The molecule has 147 heavy (non-hydrogen) atoms. The van der Waals surface area contributed by atoms with Gasteiger partial charge in [-0.25, -0.2) is 4.57 Å². The van der Waals surface area contributed by atoms with Gasteiger partial charge in [-0.2, -0.15) is 0 Å². The number of phosphoric ester groups is 1. The van der Waals surface area contributed by atoms with Crippen molar-refractivity contribution in [3.8, 4) is 0 Å². The third kappa shape index (κ3) is 79.6. The lowest BCUT2D eigenvalue weighted by atomic mass is 9.95. The van der Waals surface area contributed by atoms with Crippen molar-refractivity contribution in [2.45, 2.75) is 680 Å². The van der Waals surface area contributed by atoms with Gasteiger partial charge in [0.2, 0.25) is 11.8 Å². The predicted molar refractivity (Wildman–Crippen MR) is 591 cm³/mol. The Labute approximate surface area is 894 Å². The summed E-state index contributed by atoms with van der Waals surface area (Å²) in [6.45, 7) is 14.2. The van der Waals surface area contributed by atoms with E-state index in [0.717, 1.165) is 289 Å². The highest BCUT2D eigenvalue weighted by Gasteiger charge is 2.55. The van der Waals surface area contributed by atoms with E-state index < -0.39 is 182 Å². The fraction of sp³-hybridized carbons (Fsp3) is 0.924. The van der Waals surface area contributed by atoms with Gasteiger partial charge in [-0.3, -0.25) is 47.2 Å². The van der Waals surface area contributed by atoms with Gasteiger partial charge < -0.3 is 78.5 Å². The van der Waals surface area contributed by atoms with Gasteiger partial charge in [0.05, 0.1) is 45.0 Å². The first-order valence-corrected chi connectivity index (χ1v) is 64.6. The van der Waals surface area contributed by atoms with Crippen LogP contribution in [0.25, 0.3) is 0 Å². The van der Waals surface area contributed by atoms with Crippen LogP contribution in [0.5, 0.6) is 0 Å². The van der Waals surface area contributed by atoms with E-state index in [1.54, 1.807) is 0 Å². The van der Waals surface area contributed by atoms with Gasteiger partial charge in [0.1, 0.15) is 54.8 Å². The van der Waals surface area contributed by atoms with E-state index in [1.165, 1.54) is 148 Å². The normalized spacial score (nSPS) is 19.3. The maximum atomic E-state index is 15.4. The molecule has 0 aromatic carbocycles. The Morgan fingerprint density at radius 1 is 0.313 bits per heavy atom. The summed E-state index contributed by atoms with van der Waals surface area (Å²) >= 11 is 0. The van der Waals surface area contributed by atoms with Gasteiger partial charge in [-0.1, -0.05) is 472 Å². The van der Waals surface area contributed by atoms with Gasteiger partial charge in [-0.05, 0) is 89.9 Å². The number of ether oxygens (including phenoxy) is 8. The van der Waals surface area contributed by atoms with E-state index in [-0.39, 0.29) is 38.5 Å². The highest BCUT2D eigenvalue weighted by Crippen LogP contribution is 2.45. The number of carbonyl (C=O) groups excluding carboxylic acids is 7. The van der Waals surface area contributed by atoms with Gasteiger partial charge in [-0.15, -0.1) is 0 Å². The molecule has 2 aliphatic heterocycles. The molecule has 0 aliphatic carbocycles. The lowest BCUT2D eigenvalue weighted by Gasteiger charge is -2.47. The number of amides is 2. The largest absolute Gasteiger partial charge is 0.470 e. The summed E-state index contributed by atoms with van der Waals surface area (Å²) in [6.07, 6.45) is 60.6. The van der Waals surface area contributed by atoms with Crippen LogP contribution in [0, 0.1) is 0 Å². The summed E-state index contributed by atoms with van der Waals surface area (Å²) in [5.74, 6) is -5.29. The fourth-order valence-corrected chi connectivity index (χ4v) is 21.3. The second-order valence-electron chi connectivity index (χ2n) is 43.4. The first kappa shape index (κ1) is 139. The molecule has 27 nitrogen and oxygen atoms in total. The molecule has 0 saturated carbocycles. The van der Waals surface area contributed by atoms with Crippen LogP contribution < -0.4 is 10.6 Å². The molecule has 2 heterocycles. The third-order valence-corrected chi connectivity index (χ3v) is 30.2. The van der Waals surface area contributed by atoms with Crippen LogP contribution in [0.15, 0.2) is 12.2 Å². The topological polar surface area (TPSA) is 391 Å². The van der Waals surface area contributed by atoms with Crippen LogP contribution in [0.4, 0.5) is 0 Å². The average Bonchev–Trinajstić information content (AvgIpc) is 0.772. The molecule has 29 heteroatoms. The summed E-state index contributed by atoms with van der Waals surface area (Å²) in [5.41, 5.74) is 0. The van der Waals surface area contributed by atoms with Crippen molar-refractivity contribution in [1.29, 1.82) is 0 Å². The Kier molecular flexibility index (Phi) is 90.3. The lowest BCUT2D eigenvalue weighted by molar-refractivity contribution is -0.296. The van der Waals surface area contributed by atoms with Crippen molar-refractivity contribution in [1.82, 2.24) is 10.6 Å². The van der Waals surface area contributed by atoms with Crippen molar-refractivity contribution in [2.24, 2.45) is 0 Å². The summed E-state index contributed by atoms with van der Waals surface area (Å²) < 4.78 is 89.3. The summed E-state index contributed by atoms with van der Waals surface area (Å²) in [5, 5.41) is 41.6. The molecule has 2 fully saturated rings. The number of aliphatic hydroxyl groups excluding tert-OH is 3. The molecule has 0 aromatic heterocycles.